The van der Waals surface area contributed by atoms with Crippen molar-refractivity contribution >= 4 is 5.57 Å². The molecule has 0 saturated heterocycles. The van der Waals surface area contributed by atoms with E-state index in [1.165, 1.54) is 0 Å². The molecule has 2 N–H and O–H groups in total. The minimum absolute atomic E-state index is 0.377. The van der Waals surface area contributed by atoms with Crippen LogP contribution >= 0.6 is 0 Å². The van der Waals surface area contributed by atoms with Crippen LogP contribution in [0.3, 0.4) is 0 Å². The van der Waals surface area contributed by atoms with Crippen LogP contribution in [0.2, 0.25) is 0 Å². The number of aliphatic hydroxyl groups is 1. The average Bonchev–Trinajstić information content (AvgIpc) is 2.45. The van der Waals surface area contributed by atoms with Crippen LogP contribution in [-0.2, 0) is 7.05 Å². The minimum Gasteiger partial charge on any atom is -0.388 e. The molecule has 0 bridgehead atoms. The van der Waals surface area contributed by atoms with Crippen molar-refractivity contribution < 1.29 is 5.11 Å². The van der Waals surface area contributed by atoms with Crippen LogP contribution in [-0.4, -0.2) is 34.1 Å². The summed E-state index contributed by atoms with van der Waals surface area (Å²) in [6.45, 7) is 3.43. The Morgan fingerprint density at radius 3 is 3.00 bits per heavy atom. The fourth-order valence-corrected chi connectivity index (χ4v) is 1.80. The highest BCUT2D eigenvalue weighted by Gasteiger charge is 2.14. The van der Waals surface area contributed by atoms with Crippen molar-refractivity contribution in [2.24, 2.45) is 7.05 Å². The van der Waals surface area contributed by atoms with Gasteiger partial charge in [-0.15, -0.1) is 0 Å². The van der Waals surface area contributed by atoms with Gasteiger partial charge in [0.15, 0.2) is 0 Å². The summed E-state index contributed by atoms with van der Waals surface area (Å²) >= 11 is 0. The van der Waals surface area contributed by atoms with E-state index in [0.29, 0.717) is 6.54 Å². The summed E-state index contributed by atoms with van der Waals surface area (Å²) in [6.07, 6.45) is 3.51. The van der Waals surface area contributed by atoms with Crippen molar-refractivity contribution in [1.29, 1.82) is 0 Å². The molecule has 4 heteroatoms. The van der Waals surface area contributed by atoms with E-state index in [2.05, 4.69) is 10.4 Å². The van der Waals surface area contributed by atoms with Crippen molar-refractivity contribution in [3.63, 3.8) is 0 Å². The highest BCUT2D eigenvalue weighted by atomic mass is 16.3. The molecule has 1 unspecified atom stereocenters. The number of hydrogen-bond acceptors (Lipinski definition) is 3. The van der Waals surface area contributed by atoms with Crippen molar-refractivity contribution in [3.8, 4) is 0 Å². The van der Waals surface area contributed by atoms with E-state index in [1.807, 2.05) is 26.2 Å². The first-order chi connectivity index (χ1) is 6.66. The Balaban J connectivity index is 2.34. The maximum Gasteiger partial charge on any atom is 0.0851 e. The molecule has 0 fully saturated rings. The molecule has 1 aliphatic heterocycles. The van der Waals surface area contributed by atoms with Gasteiger partial charge < -0.3 is 10.4 Å². The van der Waals surface area contributed by atoms with E-state index in [4.69, 9.17) is 0 Å². The Morgan fingerprint density at radius 2 is 2.43 bits per heavy atom. The van der Waals surface area contributed by atoms with Gasteiger partial charge in [-0.25, -0.2) is 0 Å². The summed E-state index contributed by atoms with van der Waals surface area (Å²) in [5.74, 6) is 0. The Morgan fingerprint density at radius 1 is 1.64 bits per heavy atom. The Bertz CT molecular complexity index is 367. The van der Waals surface area contributed by atoms with Gasteiger partial charge in [-0.1, -0.05) is 0 Å². The third-order valence-corrected chi connectivity index (χ3v) is 2.42. The molecule has 0 amide bonds. The first-order valence-corrected chi connectivity index (χ1v) is 4.77. The molecule has 76 valence electrons. The first kappa shape index (κ1) is 9.43. The van der Waals surface area contributed by atoms with Gasteiger partial charge in [-0.2, -0.15) is 5.10 Å². The number of nitrogens with zero attached hydrogens (tertiary/aromatic N) is 2. The second kappa shape index (κ2) is 3.55. The molecule has 2 rings (SSSR count). The van der Waals surface area contributed by atoms with Gasteiger partial charge in [0.05, 0.1) is 11.8 Å². The third-order valence-electron chi connectivity index (χ3n) is 2.42. The normalized spacial score (nSPS) is 22.2. The zero-order valence-corrected chi connectivity index (χ0v) is 8.49. The van der Waals surface area contributed by atoms with Gasteiger partial charge in [-0.3, -0.25) is 4.68 Å². The number of β-amino-alcohol motifs (C(OH)–C–C–N with tert-alkyl or cyclic N) is 1. The topological polar surface area (TPSA) is 50.1 Å². The lowest BCUT2D eigenvalue weighted by molar-refractivity contribution is 0.217. The van der Waals surface area contributed by atoms with Crippen molar-refractivity contribution in [2.75, 3.05) is 13.1 Å². The molecular formula is C10H15N3O. The van der Waals surface area contributed by atoms with E-state index >= 15 is 0 Å². The van der Waals surface area contributed by atoms with Crippen molar-refractivity contribution in [3.05, 3.63) is 23.5 Å². The molecule has 0 radical (unpaired) electrons. The summed E-state index contributed by atoms with van der Waals surface area (Å²) < 4.78 is 1.80. The number of aromatic nitrogens is 2. The second-order valence-corrected chi connectivity index (χ2v) is 3.69. The van der Waals surface area contributed by atoms with Gasteiger partial charge in [-0.05, 0) is 18.6 Å². The lowest BCUT2D eigenvalue weighted by atomic mass is 10.0. The predicted molar refractivity (Wildman–Crippen MR) is 54.8 cm³/mol. The zero-order chi connectivity index (χ0) is 10.1. The largest absolute Gasteiger partial charge is 0.388 e. The van der Waals surface area contributed by atoms with E-state index in [0.717, 1.165) is 23.4 Å². The fraction of sp³-hybridized carbons (Fsp3) is 0.500. The predicted octanol–water partition coefficient (Wildman–Crippen LogP) is 0.0760. The SMILES string of the molecule is Cc1nn(C)cc1C1=CC(O)CNC1. The number of aliphatic hydroxyl groups excluding tert-OH is 1. The van der Waals surface area contributed by atoms with E-state index < -0.39 is 0 Å². The van der Waals surface area contributed by atoms with Crippen LogP contribution in [0.1, 0.15) is 11.3 Å². The number of nitrogens with one attached hydrogen (secondary N) is 1. The first-order valence-electron chi connectivity index (χ1n) is 4.77. The van der Waals surface area contributed by atoms with E-state index in [1.54, 1.807) is 4.68 Å². The second-order valence-electron chi connectivity index (χ2n) is 3.69. The van der Waals surface area contributed by atoms with Gasteiger partial charge in [0.1, 0.15) is 0 Å². The lowest BCUT2D eigenvalue weighted by Crippen LogP contribution is -2.31. The van der Waals surface area contributed by atoms with Crippen molar-refractivity contribution in [2.45, 2.75) is 13.0 Å². The molecule has 0 spiro atoms. The molecule has 1 aliphatic rings. The van der Waals surface area contributed by atoms with Gasteiger partial charge in [0.25, 0.3) is 0 Å². The highest BCUT2D eigenvalue weighted by molar-refractivity contribution is 5.69. The number of hydrogen-bond donors (Lipinski definition) is 2. The maximum absolute atomic E-state index is 9.47. The summed E-state index contributed by atoms with van der Waals surface area (Å²) in [5.41, 5.74) is 3.27. The van der Waals surface area contributed by atoms with Crippen LogP contribution in [0.5, 0.6) is 0 Å². The lowest BCUT2D eigenvalue weighted by Gasteiger charge is -2.17. The molecule has 1 aromatic rings. The number of aryl methyl sites for hydroxylation is 2. The third kappa shape index (κ3) is 1.71. The summed E-state index contributed by atoms with van der Waals surface area (Å²) in [4.78, 5) is 0. The molecule has 1 aromatic heterocycles. The Labute approximate surface area is 83.2 Å². The van der Waals surface area contributed by atoms with Crippen molar-refractivity contribution in [1.82, 2.24) is 15.1 Å². The van der Waals surface area contributed by atoms with Gasteiger partial charge in [0, 0.05) is 31.9 Å². The molecule has 1 atom stereocenters. The van der Waals surface area contributed by atoms with E-state index in [9.17, 15) is 5.11 Å². The molecule has 0 saturated carbocycles. The highest BCUT2D eigenvalue weighted by Crippen LogP contribution is 2.19. The average molecular weight is 193 g/mol. The molecule has 14 heavy (non-hydrogen) atoms. The maximum atomic E-state index is 9.47. The standard InChI is InChI=1S/C10H15N3O/c1-7-10(6-13(2)12-7)8-3-9(14)5-11-4-8/h3,6,9,11,14H,4-5H2,1-2H3. The quantitative estimate of drug-likeness (QED) is 0.664. The van der Waals surface area contributed by atoms with E-state index in [-0.39, 0.29) is 6.10 Å². The summed E-state index contributed by atoms with van der Waals surface area (Å²) in [7, 11) is 1.91. The molecule has 2 heterocycles. The Hall–Kier alpha value is -1.13. The van der Waals surface area contributed by atoms with Crippen LogP contribution in [0, 0.1) is 6.92 Å². The van der Waals surface area contributed by atoms with Crippen LogP contribution < -0.4 is 5.32 Å². The zero-order valence-electron chi connectivity index (χ0n) is 8.49. The van der Waals surface area contributed by atoms with Gasteiger partial charge >= 0.3 is 0 Å². The fourth-order valence-electron chi connectivity index (χ4n) is 1.80. The van der Waals surface area contributed by atoms with Crippen LogP contribution in [0.15, 0.2) is 12.3 Å². The molecule has 4 nitrogen and oxygen atoms in total. The minimum atomic E-state index is -0.377. The molecular weight excluding hydrogens is 178 g/mol. The summed E-state index contributed by atoms with van der Waals surface area (Å²) in [5, 5.41) is 16.9. The monoisotopic (exact) mass is 193 g/mol. The van der Waals surface area contributed by atoms with Crippen LogP contribution in [0.4, 0.5) is 0 Å². The summed E-state index contributed by atoms with van der Waals surface area (Å²) in [6, 6.07) is 0. The van der Waals surface area contributed by atoms with Gasteiger partial charge in [0.2, 0.25) is 0 Å². The smallest absolute Gasteiger partial charge is 0.0851 e. The molecule has 0 aliphatic carbocycles. The molecule has 0 aromatic carbocycles. The van der Waals surface area contributed by atoms with Crippen LogP contribution in [0.25, 0.3) is 5.57 Å². The Kier molecular flexibility index (Phi) is 2.39. The number of rotatable bonds is 1.